The SMILES string of the molecule is COc1ccc(-c2cc(C(=O)Nc3c(C(=O)N4CCN(c5ncccn5)CC4)oc4ccccc34)no2)cc1. The molecule has 39 heavy (non-hydrogen) atoms. The minimum atomic E-state index is -0.523. The predicted molar refractivity (Wildman–Crippen MR) is 143 cm³/mol. The molecule has 2 aromatic carbocycles. The highest BCUT2D eigenvalue weighted by Gasteiger charge is 2.30. The number of carbonyl (C=O) groups excluding carboxylic acids is 2. The summed E-state index contributed by atoms with van der Waals surface area (Å²) in [5.74, 6) is 0.988. The van der Waals surface area contributed by atoms with Gasteiger partial charge in [0.1, 0.15) is 17.0 Å². The van der Waals surface area contributed by atoms with E-state index in [1.165, 1.54) is 0 Å². The van der Waals surface area contributed by atoms with Gasteiger partial charge in [-0.15, -0.1) is 0 Å². The van der Waals surface area contributed by atoms with Crippen molar-refractivity contribution in [2.75, 3.05) is 43.5 Å². The number of piperazine rings is 1. The molecule has 4 heterocycles. The van der Waals surface area contributed by atoms with Crippen LogP contribution in [0.4, 0.5) is 11.6 Å². The van der Waals surface area contributed by atoms with E-state index in [0.29, 0.717) is 60.3 Å². The Morgan fingerprint density at radius 3 is 2.44 bits per heavy atom. The zero-order valence-corrected chi connectivity index (χ0v) is 21.0. The molecule has 11 nitrogen and oxygen atoms in total. The van der Waals surface area contributed by atoms with Crippen LogP contribution in [0.15, 0.2) is 82.0 Å². The van der Waals surface area contributed by atoms with E-state index in [9.17, 15) is 9.59 Å². The molecule has 5 aromatic rings. The Morgan fingerprint density at radius 2 is 1.69 bits per heavy atom. The van der Waals surface area contributed by atoms with Gasteiger partial charge in [-0.2, -0.15) is 0 Å². The fourth-order valence-electron chi connectivity index (χ4n) is 4.48. The molecule has 1 N–H and O–H groups in total. The number of furan rings is 1. The van der Waals surface area contributed by atoms with Crippen LogP contribution in [0.5, 0.6) is 5.75 Å². The lowest BCUT2D eigenvalue weighted by Crippen LogP contribution is -2.49. The summed E-state index contributed by atoms with van der Waals surface area (Å²) in [7, 11) is 1.59. The minimum Gasteiger partial charge on any atom is -0.497 e. The fourth-order valence-corrected chi connectivity index (χ4v) is 4.48. The first-order chi connectivity index (χ1) is 19.1. The van der Waals surface area contributed by atoms with E-state index in [0.717, 1.165) is 5.56 Å². The molecule has 3 aromatic heterocycles. The molecule has 0 saturated carbocycles. The van der Waals surface area contributed by atoms with Crippen molar-refractivity contribution >= 4 is 34.4 Å². The van der Waals surface area contributed by atoms with Crippen molar-refractivity contribution in [2.24, 2.45) is 0 Å². The highest BCUT2D eigenvalue weighted by atomic mass is 16.5. The largest absolute Gasteiger partial charge is 0.497 e. The highest BCUT2D eigenvalue weighted by molar-refractivity contribution is 6.14. The van der Waals surface area contributed by atoms with Crippen molar-refractivity contribution in [1.29, 1.82) is 0 Å². The van der Waals surface area contributed by atoms with Gasteiger partial charge in [0, 0.05) is 55.6 Å². The molecule has 1 fully saturated rings. The van der Waals surface area contributed by atoms with Gasteiger partial charge in [-0.25, -0.2) is 9.97 Å². The van der Waals surface area contributed by atoms with Gasteiger partial charge in [-0.3, -0.25) is 9.59 Å². The molecule has 1 aliphatic rings. The summed E-state index contributed by atoms with van der Waals surface area (Å²) >= 11 is 0. The maximum atomic E-state index is 13.6. The van der Waals surface area contributed by atoms with Crippen molar-refractivity contribution in [3.8, 4) is 17.1 Å². The Labute approximate surface area is 223 Å². The second-order valence-electron chi connectivity index (χ2n) is 8.89. The van der Waals surface area contributed by atoms with Crippen LogP contribution in [0.25, 0.3) is 22.3 Å². The number of hydrogen-bond acceptors (Lipinski definition) is 9. The maximum absolute atomic E-state index is 13.6. The number of anilines is 2. The van der Waals surface area contributed by atoms with E-state index in [4.69, 9.17) is 13.7 Å². The van der Waals surface area contributed by atoms with Gasteiger partial charge in [0.2, 0.25) is 11.7 Å². The van der Waals surface area contributed by atoms with E-state index >= 15 is 0 Å². The van der Waals surface area contributed by atoms with E-state index in [1.807, 2.05) is 29.2 Å². The Bertz CT molecular complexity index is 1620. The van der Waals surface area contributed by atoms with Gasteiger partial charge in [-0.05, 0) is 42.5 Å². The first kappa shape index (κ1) is 24.2. The van der Waals surface area contributed by atoms with Gasteiger partial charge in [-0.1, -0.05) is 17.3 Å². The van der Waals surface area contributed by atoms with E-state index < -0.39 is 5.91 Å². The third-order valence-electron chi connectivity index (χ3n) is 6.55. The Morgan fingerprint density at radius 1 is 0.949 bits per heavy atom. The molecule has 0 bridgehead atoms. The number of nitrogens with zero attached hydrogens (tertiary/aromatic N) is 5. The van der Waals surface area contributed by atoms with Crippen LogP contribution >= 0.6 is 0 Å². The molecule has 0 radical (unpaired) electrons. The van der Waals surface area contributed by atoms with Gasteiger partial charge >= 0.3 is 0 Å². The third kappa shape index (κ3) is 4.77. The number of amides is 2. The quantitative estimate of drug-likeness (QED) is 0.349. The monoisotopic (exact) mass is 524 g/mol. The summed E-state index contributed by atoms with van der Waals surface area (Å²) in [5, 5.41) is 7.39. The lowest BCUT2D eigenvalue weighted by Gasteiger charge is -2.34. The number of rotatable bonds is 6. The highest BCUT2D eigenvalue weighted by Crippen LogP contribution is 2.33. The summed E-state index contributed by atoms with van der Waals surface area (Å²) < 4.78 is 16.5. The fraction of sp³-hybridized carbons (Fsp3) is 0.179. The molecule has 0 atom stereocenters. The summed E-state index contributed by atoms with van der Waals surface area (Å²) in [6, 6.07) is 17.7. The van der Waals surface area contributed by atoms with Crippen molar-refractivity contribution < 1.29 is 23.3 Å². The zero-order valence-electron chi connectivity index (χ0n) is 21.0. The average Bonchev–Trinajstić information content (AvgIpc) is 3.63. The first-order valence-electron chi connectivity index (χ1n) is 12.4. The molecule has 6 rings (SSSR count). The second-order valence-corrected chi connectivity index (χ2v) is 8.89. The Balaban J connectivity index is 1.22. The summed E-state index contributed by atoms with van der Waals surface area (Å²) in [4.78, 5) is 39.1. The molecule has 196 valence electrons. The number of nitrogens with one attached hydrogen (secondary N) is 1. The predicted octanol–water partition coefficient (Wildman–Crippen LogP) is 4.10. The Hall–Kier alpha value is -5.19. The average molecular weight is 525 g/mol. The number of para-hydroxylation sites is 1. The van der Waals surface area contributed by atoms with Crippen molar-refractivity contribution in [1.82, 2.24) is 20.0 Å². The number of carbonyl (C=O) groups is 2. The van der Waals surface area contributed by atoms with E-state index in [1.54, 1.807) is 60.8 Å². The molecule has 0 aliphatic carbocycles. The second kappa shape index (κ2) is 10.3. The molecule has 1 saturated heterocycles. The number of benzene rings is 2. The van der Waals surface area contributed by atoms with Gasteiger partial charge in [0.05, 0.1) is 7.11 Å². The molecule has 11 heteroatoms. The van der Waals surface area contributed by atoms with Crippen molar-refractivity contribution in [3.05, 3.63) is 84.5 Å². The number of ether oxygens (including phenoxy) is 1. The van der Waals surface area contributed by atoms with Crippen molar-refractivity contribution in [2.45, 2.75) is 0 Å². The van der Waals surface area contributed by atoms with Crippen LogP contribution in [-0.4, -0.2) is 65.1 Å². The number of fused-ring (bicyclic) bond motifs is 1. The van der Waals surface area contributed by atoms with Crippen LogP contribution in [0.1, 0.15) is 21.0 Å². The van der Waals surface area contributed by atoms with Gasteiger partial charge < -0.3 is 28.8 Å². The maximum Gasteiger partial charge on any atom is 0.291 e. The number of methoxy groups -OCH3 is 1. The van der Waals surface area contributed by atoms with Crippen LogP contribution in [0, 0.1) is 0 Å². The number of aromatic nitrogens is 3. The van der Waals surface area contributed by atoms with Crippen LogP contribution in [-0.2, 0) is 0 Å². The molecule has 1 aliphatic heterocycles. The first-order valence-corrected chi connectivity index (χ1v) is 12.4. The minimum absolute atomic E-state index is 0.0628. The van der Waals surface area contributed by atoms with Crippen LogP contribution in [0.3, 0.4) is 0 Å². The molecular formula is C28H24N6O5. The smallest absolute Gasteiger partial charge is 0.291 e. The van der Waals surface area contributed by atoms with E-state index in [2.05, 4.69) is 20.4 Å². The zero-order chi connectivity index (χ0) is 26.8. The standard InChI is InChI=1S/C28H24N6O5/c1-37-19-9-7-18(8-10-19)23-17-21(32-39-23)26(35)31-24-20-5-2-3-6-22(20)38-25(24)27(36)33-13-15-34(16-14-33)28-29-11-4-12-30-28/h2-12,17H,13-16H2,1H3,(H,31,35). The molecule has 2 amide bonds. The van der Waals surface area contributed by atoms with Crippen LogP contribution in [0.2, 0.25) is 0 Å². The van der Waals surface area contributed by atoms with Crippen LogP contribution < -0.4 is 15.0 Å². The topological polar surface area (TPSA) is 127 Å². The van der Waals surface area contributed by atoms with Gasteiger partial charge in [0.25, 0.3) is 11.8 Å². The van der Waals surface area contributed by atoms with Crippen molar-refractivity contribution in [3.63, 3.8) is 0 Å². The third-order valence-corrected chi connectivity index (χ3v) is 6.55. The Kier molecular flexibility index (Phi) is 6.37. The van der Waals surface area contributed by atoms with E-state index in [-0.39, 0.29) is 17.4 Å². The van der Waals surface area contributed by atoms with Gasteiger partial charge in [0.15, 0.2) is 11.5 Å². The normalized spacial score (nSPS) is 13.5. The lowest BCUT2D eigenvalue weighted by molar-refractivity contribution is 0.0718. The summed E-state index contributed by atoms with van der Waals surface area (Å²) in [6.45, 7) is 2.06. The molecule has 0 spiro atoms. The molecule has 0 unspecified atom stereocenters. The number of hydrogen-bond donors (Lipinski definition) is 1. The lowest BCUT2D eigenvalue weighted by atomic mass is 10.1. The summed E-state index contributed by atoms with van der Waals surface area (Å²) in [6.07, 6.45) is 3.39. The summed E-state index contributed by atoms with van der Waals surface area (Å²) in [5.41, 5.74) is 1.60. The molecular weight excluding hydrogens is 500 g/mol.